The van der Waals surface area contributed by atoms with Crippen molar-refractivity contribution in [3.8, 4) is 5.75 Å². The number of rotatable bonds is 6. The van der Waals surface area contributed by atoms with Gasteiger partial charge in [0.05, 0.1) is 18.5 Å². The molecule has 106 valence electrons. The molecule has 1 fully saturated rings. The van der Waals surface area contributed by atoms with Crippen LogP contribution in [0.1, 0.15) is 57.7 Å². The first-order valence-corrected chi connectivity index (χ1v) is 7.61. The molecule has 3 heteroatoms. The van der Waals surface area contributed by atoms with Gasteiger partial charge in [-0.05, 0) is 44.4 Å². The Hall–Kier alpha value is -1.09. The first-order valence-electron chi connectivity index (χ1n) is 7.61. The number of hydrogen-bond donors (Lipinski definition) is 1. The van der Waals surface area contributed by atoms with E-state index in [-0.39, 0.29) is 0 Å². The van der Waals surface area contributed by atoms with E-state index in [0.29, 0.717) is 6.04 Å². The van der Waals surface area contributed by atoms with Gasteiger partial charge in [-0.15, -0.1) is 0 Å². The van der Waals surface area contributed by atoms with Crippen LogP contribution in [-0.4, -0.2) is 18.1 Å². The zero-order valence-corrected chi connectivity index (χ0v) is 12.2. The second-order valence-electron chi connectivity index (χ2n) is 5.51. The Morgan fingerprint density at radius 3 is 2.74 bits per heavy atom. The third-order valence-electron chi connectivity index (χ3n) is 3.92. The van der Waals surface area contributed by atoms with Crippen LogP contribution in [0, 0.1) is 5.92 Å². The second-order valence-corrected chi connectivity index (χ2v) is 5.51. The molecule has 1 heterocycles. The van der Waals surface area contributed by atoms with Crippen LogP contribution in [-0.2, 0) is 0 Å². The molecule has 1 unspecified atom stereocenters. The molecule has 1 N–H and O–H groups in total. The van der Waals surface area contributed by atoms with E-state index in [9.17, 15) is 0 Å². The van der Waals surface area contributed by atoms with Crippen LogP contribution in [0.3, 0.4) is 0 Å². The molecule has 1 aromatic rings. The van der Waals surface area contributed by atoms with E-state index in [4.69, 9.17) is 4.74 Å². The van der Waals surface area contributed by atoms with Crippen LogP contribution in [0.15, 0.2) is 18.3 Å². The van der Waals surface area contributed by atoms with Crippen LogP contribution in [0.25, 0.3) is 0 Å². The van der Waals surface area contributed by atoms with E-state index >= 15 is 0 Å². The summed E-state index contributed by atoms with van der Waals surface area (Å²) in [5, 5.41) is 3.36. The van der Waals surface area contributed by atoms with Crippen molar-refractivity contribution in [2.24, 2.45) is 5.92 Å². The number of hydrogen-bond acceptors (Lipinski definition) is 3. The maximum atomic E-state index is 5.86. The molecule has 0 aromatic carbocycles. The fraction of sp³-hybridized carbons (Fsp3) is 0.688. The number of pyridine rings is 1. The summed E-state index contributed by atoms with van der Waals surface area (Å²) in [5.41, 5.74) is 1.08. The average Bonchev–Trinajstić information content (AvgIpc) is 2.47. The highest BCUT2D eigenvalue weighted by atomic mass is 16.5. The first-order chi connectivity index (χ1) is 9.29. The zero-order valence-electron chi connectivity index (χ0n) is 12.2. The van der Waals surface area contributed by atoms with Gasteiger partial charge in [0.25, 0.3) is 0 Å². The molecule has 0 saturated heterocycles. The molecule has 0 amide bonds. The molecule has 0 bridgehead atoms. The molecule has 3 nitrogen and oxygen atoms in total. The highest BCUT2D eigenvalue weighted by Crippen LogP contribution is 2.24. The standard InChI is InChI=1S/C16H26N2O/c1-3-17-13(2)16-10-9-15(11-18-16)19-12-14-7-5-4-6-8-14/h9-11,13-14,17H,3-8,12H2,1-2H3. The summed E-state index contributed by atoms with van der Waals surface area (Å²) >= 11 is 0. The van der Waals surface area contributed by atoms with Gasteiger partial charge in [0.1, 0.15) is 5.75 Å². The van der Waals surface area contributed by atoms with Gasteiger partial charge in [-0.2, -0.15) is 0 Å². The monoisotopic (exact) mass is 262 g/mol. The predicted octanol–water partition coefficient (Wildman–Crippen LogP) is 3.71. The summed E-state index contributed by atoms with van der Waals surface area (Å²) < 4.78 is 5.86. The van der Waals surface area contributed by atoms with Gasteiger partial charge in [-0.1, -0.05) is 26.2 Å². The van der Waals surface area contributed by atoms with E-state index in [1.807, 2.05) is 12.3 Å². The minimum absolute atomic E-state index is 0.303. The van der Waals surface area contributed by atoms with Gasteiger partial charge in [0.2, 0.25) is 0 Å². The second kappa shape index (κ2) is 7.49. The SMILES string of the molecule is CCNC(C)c1ccc(OCC2CCCCC2)cn1. The van der Waals surface area contributed by atoms with Crippen LogP contribution >= 0.6 is 0 Å². The van der Waals surface area contributed by atoms with Crippen molar-refractivity contribution in [2.45, 2.75) is 52.0 Å². The van der Waals surface area contributed by atoms with Crippen molar-refractivity contribution >= 4 is 0 Å². The van der Waals surface area contributed by atoms with E-state index in [1.165, 1.54) is 32.1 Å². The Kier molecular flexibility index (Phi) is 5.64. The van der Waals surface area contributed by atoms with Gasteiger partial charge in [-0.25, -0.2) is 0 Å². The number of ether oxygens (including phenoxy) is 1. The molecule has 2 rings (SSSR count). The fourth-order valence-corrected chi connectivity index (χ4v) is 2.71. The highest BCUT2D eigenvalue weighted by Gasteiger charge is 2.14. The van der Waals surface area contributed by atoms with Crippen molar-refractivity contribution in [1.29, 1.82) is 0 Å². The van der Waals surface area contributed by atoms with Crippen LogP contribution in [0.4, 0.5) is 0 Å². The maximum Gasteiger partial charge on any atom is 0.137 e. The molecule has 0 radical (unpaired) electrons. The molecule has 1 aliphatic carbocycles. The molecule has 1 saturated carbocycles. The van der Waals surface area contributed by atoms with E-state index in [2.05, 4.69) is 30.2 Å². The lowest BCUT2D eigenvalue weighted by molar-refractivity contribution is 0.208. The predicted molar refractivity (Wildman–Crippen MR) is 78.4 cm³/mol. The zero-order chi connectivity index (χ0) is 13.5. The van der Waals surface area contributed by atoms with Gasteiger partial charge in [0, 0.05) is 6.04 Å². The molecule has 0 aliphatic heterocycles. The van der Waals surface area contributed by atoms with Crippen LogP contribution in [0.5, 0.6) is 5.75 Å². The lowest BCUT2D eigenvalue weighted by Crippen LogP contribution is -2.19. The average molecular weight is 262 g/mol. The van der Waals surface area contributed by atoms with Crippen molar-refractivity contribution in [3.05, 3.63) is 24.0 Å². The number of nitrogens with zero attached hydrogens (tertiary/aromatic N) is 1. The molecular formula is C16H26N2O. The van der Waals surface area contributed by atoms with Crippen LogP contribution < -0.4 is 10.1 Å². The number of nitrogens with one attached hydrogen (secondary N) is 1. The smallest absolute Gasteiger partial charge is 0.137 e. The summed E-state index contributed by atoms with van der Waals surface area (Å²) in [4.78, 5) is 4.47. The Morgan fingerprint density at radius 1 is 1.32 bits per heavy atom. The van der Waals surface area contributed by atoms with Crippen molar-refractivity contribution in [1.82, 2.24) is 10.3 Å². The minimum atomic E-state index is 0.303. The molecule has 0 spiro atoms. The minimum Gasteiger partial charge on any atom is -0.492 e. The maximum absolute atomic E-state index is 5.86. The topological polar surface area (TPSA) is 34.1 Å². The Balaban J connectivity index is 1.81. The summed E-state index contributed by atoms with van der Waals surface area (Å²) in [7, 11) is 0. The largest absolute Gasteiger partial charge is 0.492 e. The molecule has 1 aromatic heterocycles. The third kappa shape index (κ3) is 4.50. The van der Waals surface area contributed by atoms with E-state index in [1.54, 1.807) is 0 Å². The molecule has 1 aliphatic rings. The normalized spacial score (nSPS) is 18.2. The van der Waals surface area contributed by atoms with E-state index in [0.717, 1.165) is 30.5 Å². The van der Waals surface area contributed by atoms with Crippen molar-refractivity contribution in [2.75, 3.05) is 13.2 Å². The lowest BCUT2D eigenvalue weighted by atomic mass is 9.90. The van der Waals surface area contributed by atoms with Crippen molar-refractivity contribution < 1.29 is 4.74 Å². The summed E-state index contributed by atoms with van der Waals surface area (Å²) in [6.07, 6.45) is 8.63. The third-order valence-corrected chi connectivity index (χ3v) is 3.92. The van der Waals surface area contributed by atoms with Gasteiger partial charge < -0.3 is 10.1 Å². The van der Waals surface area contributed by atoms with Gasteiger partial charge >= 0.3 is 0 Å². The Morgan fingerprint density at radius 2 is 2.11 bits per heavy atom. The van der Waals surface area contributed by atoms with Crippen molar-refractivity contribution in [3.63, 3.8) is 0 Å². The van der Waals surface area contributed by atoms with E-state index < -0.39 is 0 Å². The Labute approximate surface area is 116 Å². The van der Waals surface area contributed by atoms with Gasteiger partial charge in [0.15, 0.2) is 0 Å². The number of aromatic nitrogens is 1. The Bertz CT molecular complexity index is 358. The summed E-state index contributed by atoms with van der Waals surface area (Å²) in [5.74, 6) is 1.65. The highest BCUT2D eigenvalue weighted by molar-refractivity contribution is 5.21. The molecule has 1 atom stereocenters. The lowest BCUT2D eigenvalue weighted by Gasteiger charge is -2.21. The molecular weight excluding hydrogens is 236 g/mol. The quantitative estimate of drug-likeness (QED) is 0.848. The summed E-state index contributed by atoms with van der Waals surface area (Å²) in [6, 6.07) is 4.40. The molecule has 19 heavy (non-hydrogen) atoms. The van der Waals surface area contributed by atoms with Gasteiger partial charge in [-0.3, -0.25) is 4.98 Å². The summed E-state index contributed by atoms with van der Waals surface area (Å²) in [6.45, 7) is 6.05. The fourth-order valence-electron chi connectivity index (χ4n) is 2.71. The first kappa shape index (κ1) is 14.3. The van der Waals surface area contributed by atoms with Crippen LogP contribution in [0.2, 0.25) is 0 Å².